The Morgan fingerprint density at radius 2 is 1.90 bits per heavy atom. The number of rotatable bonds is 4. The van der Waals surface area contributed by atoms with Crippen LogP contribution in [0.2, 0.25) is 15.1 Å². The summed E-state index contributed by atoms with van der Waals surface area (Å²) in [6.45, 7) is 4.05. The maximum absolute atomic E-state index is 13.7. The van der Waals surface area contributed by atoms with Crippen LogP contribution in [-0.4, -0.2) is 14.9 Å². The standard InChI is InChI=1S/C14H14Cl3FN2O/c1-3-4-20-13(11(17)7-19-20)14(2,21)8-5-12(18)10(16)6-9(8)15/h5-7,21H,3-4H2,1-2H3. The van der Waals surface area contributed by atoms with Gasteiger partial charge in [-0.2, -0.15) is 5.10 Å². The Bertz CT molecular complexity index is 670. The first kappa shape index (κ1) is 16.6. The molecule has 2 aromatic rings. The number of hydrogen-bond acceptors (Lipinski definition) is 2. The lowest BCUT2D eigenvalue weighted by Crippen LogP contribution is -2.28. The van der Waals surface area contributed by atoms with E-state index in [4.69, 9.17) is 34.8 Å². The van der Waals surface area contributed by atoms with Crippen LogP contribution in [0.5, 0.6) is 0 Å². The second-order valence-electron chi connectivity index (χ2n) is 4.88. The predicted octanol–water partition coefficient (Wildman–Crippen LogP) is 4.65. The van der Waals surface area contributed by atoms with Crippen molar-refractivity contribution in [1.29, 1.82) is 0 Å². The summed E-state index contributed by atoms with van der Waals surface area (Å²) in [5.41, 5.74) is -1.04. The number of aryl methyl sites for hydroxylation is 1. The maximum atomic E-state index is 13.7. The van der Waals surface area contributed by atoms with E-state index in [2.05, 4.69) is 5.10 Å². The molecule has 114 valence electrons. The largest absolute Gasteiger partial charge is 0.379 e. The van der Waals surface area contributed by atoms with Gasteiger partial charge in [-0.25, -0.2) is 4.39 Å². The van der Waals surface area contributed by atoms with Crippen molar-refractivity contribution in [3.05, 3.63) is 50.5 Å². The SMILES string of the molecule is CCCn1ncc(Cl)c1C(C)(O)c1cc(F)c(Cl)cc1Cl. The predicted molar refractivity (Wildman–Crippen MR) is 82.6 cm³/mol. The van der Waals surface area contributed by atoms with Crippen LogP contribution in [0.1, 0.15) is 31.5 Å². The number of hydrogen-bond donors (Lipinski definition) is 1. The summed E-state index contributed by atoms with van der Waals surface area (Å²) in [7, 11) is 0. The zero-order chi connectivity index (χ0) is 15.8. The third-order valence-corrected chi connectivity index (χ3v) is 4.10. The van der Waals surface area contributed by atoms with Gasteiger partial charge in [0, 0.05) is 17.1 Å². The first-order chi connectivity index (χ1) is 9.78. The van der Waals surface area contributed by atoms with E-state index in [-0.39, 0.29) is 15.6 Å². The molecule has 0 aliphatic rings. The molecule has 3 nitrogen and oxygen atoms in total. The topological polar surface area (TPSA) is 38.0 Å². The Labute approximate surface area is 137 Å². The monoisotopic (exact) mass is 350 g/mol. The summed E-state index contributed by atoms with van der Waals surface area (Å²) in [5, 5.41) is 15.4. The zero-order valence-corrected chi connectivity index (χ0v) is 13.8. The third kappa shape index (κ3) is 3.04. The Kier molecular flexibility index (Phi) is 4.83. The lowest BCUT2D eigenvalue weighted by molar-refractivity contribution is 0.0913. The van der Waals surface area contributed by atoms with Gasteiger partial charge in [-0.15, -0.1) is 0 Å². The van der Waals surface area contributed by atoms with E-state index >= 15 is 0 Å². The van der Waals surface area contributed by atoms with E-state index in [1.165, 1.54) is 19.2 Å². The van der Waals surface area contributed by atoms with Crippen molar-refractivity contribution in [2.45, 2.75) is 32.4 Å². The van der Waals surface area contributed by atoms with Gasteiger partial charge in [0.2, 0.25) is 0 Å². The molecule has 0 bridgehead atoms. The van der Waals surface area contributed by atoms with E-state index in [9.17, 15) is 9.50 Å². The van der Waals surface area contributed by atoms with Crippen molar-refractivity contribution in [2.24, 2.45) is 0 Å². The zero-order valence-electron chi connectivity index (χ0n) is 11.5. The summed E-state index contributed by atoms with van der Waals surface area (Å²) in [5.74, 6) is -0.658. The Balaban J connectivity index is 2.62. The Morgan fingerprint density at radius 3 is 2.52 bits per heavy atom. The van der Waals surface area contributed by atoms with Crippen molar-refractivity contribution in [3.8, 4) is 0 Å². The maximum Gasteiger partial charge on any atom is 0.142 e. The van der Waals surface area contributed by atoms with E-state index in [0.717, 1.165) is 12.5 Å². The van der Waals surface area contributed by atoms with Gasteiger partial charge in [-0.1, -0.05) is 41.7 Å². The van der Waals surface area contributed by atoms with Crippen LogP contribution in [0.15, 0.2) is 18.3 Å². The fourth-order valence-corrected chi connectivity index (χ4v) is 3.14. The van der Waals surface area contributed by atoms with Crippen molar-refractivity contribution >= 4 is 34.8 Å². The van der Waals surface area contributed by atoms with Gasteiger partial charge >= 0.3 is 0 Å². The molecule has 21 heavy (non-hydrogen) atoms. The third-order valence-electron chi connectivity index (χ3n) is 3.23. The van der Waals surface area contributed by atoms with Gasteiger partial charge in [-0.3, -0.25) is 4.68 Å². The molecule has 0 aliphatic heterocycles. The highest BCUT2D eigenvalue weighted by Gasteiger charge is 2.34. The smallest absolute Gasteiger partial charge is 0.142 e. The second-order valence-corrected chi connectivity index (χ2v) is 6.10. The molecule has 1 aromatic carbocycles. The fourth-order valence-electron chi connectivity index (χ4n) is 2.25. The number of aliphatic hydroxyl groups is 1. The average Bonchev–Trinajstić information content (AvgIpc) is 2.76. The minimum atomic E-state index is -1.59. The molecule has 0 saturated heterocycles. The molecule has 0 saturated carbocycles. The average molecular weight is 352 g/mol. The number of halogens is 4. The lowest BCUT2D eigenvalue weighted by atomic mass is 9.92. The molecule has 2 rings (SSSR count). The molecule has 1 aromatic heterocycles. The van der Waals surface area contributed by atoms with Crippen LogP contribution < -0.4 is 0 Å². The van der Waals surface area contributed by atoms with Gasteiger partial charge in [0.15, 0.2) is 0 Å². The first-order valence-corrected chi connectivity index (χ1v) is 7.51. The quantitative estimate of drug-likeness (QED) is 0.814. The highest BCUT2D eigenvalue weighted by Crippen LogP contribution is 2.39. The molecule has 0 radical (unpaired) electrons. The normalized spacial score (nSPS) is 14.2. The van der Waals surface area contributed by atoms with Gasteiger partial charge < -0.3 is 5.11 Å². The van der Waals surface area contributed by atoms with E-state index in [1.54, 1.807) is 4.68 Å². The van der Waals surface area contributed by atoms with Crippen molar-refractivity contribution in [3.63, 3.8) is 0 Å². The summed E-state index contributed by atoms with van der Waals surface area (Å²) >= 11 is 17.9. The van der Waals surface area contributed by atoms with Crippen LogP contribution in [-0.2, 0) is 12.1 Å². The molecule has 1 atom stereocenters. The van der Waals surface area contributed by atoms with Crippen LogP contribution in [0, 0.1) is 5.82 Å². The summed E-state index contributed by atoms with van der Waals surface area (Å²) in [6.07, 6.45) is 2.25. The number of nitrogens with zero attached hydrogens (tertiary/aromatic N) is 2. The Morgan fingerprint density at radius 1 is 1.24 bits per heavy atom. The number of benzene rings is 1. The van der Waals surface area contributed by atoms with Crippen LogP contribution in [0.4, 0.5) is 4.39 Å². The minimum absolute atomic E-state index is 0.104. The minimum Gasteiger partial charge on any atom is -0.379 e. The van der Waals surface area contributed by atoms with Crippen LogP contribution in [0.3, 0.4) is 0 Å². The molecule has 1 unspecified atom stereocenters. The number of aromatic nitrogens is 2. The molecule has 1 N–H and O–H groups in total. The van der Waals surface area contributed by atoms with Crippen molar-refractivity contribution in [1.82, 2.24) is 9.78 Å². The molecule has 7 heteroatoms. The van der Waals surface area contributed by atoms with Gasteiger partial charge in [0.1, 0.15) is 11.4 Å². The van der Waals surface area contributed by atoms with Crippen molar-refractivity contribution < 1.29 is 9.50 Å². The van der Waals surface area contributed by atoms with E-state index < -0.39 is 11.4 Å². The second kappa shape index (κ2) is 6.13. The molecular weight excluding hydrogens is 338 g/mol. The first-order valence-electron chi connectivity index (χ1n) is 6.38. The molecule has 0 spiro atoms. The molecule has 0 fully saturated rings. The van der Waals surface area contributed by atoms with Gasteiger partial charge in [-0.05, 0) is 25.5 Å². The summed E-state index contributed by atoms with van der Waals surface area (Å²) in [4.78, 5) is 0. The highest BCUT2D eigenvalue weighted by atomic mass is 35.5. The lowest BCUT2D eigenvalue weighted by Gasteiger charge is -2.26. The Hall–Kier alpha value is -0.810. The van der Waals surface area contributed by atoms with E-state index in [1.807, 2.05) is 6.92 Å². The molecule has 1 heterocycles. The highest BCUT2D eigenvalue weighted by molar-refractivity contribution is 6.35. The van der Waals surface area contributed by atoms with Gasteiger partial charge in [0.25, 0.3) is 0 Å². The summed E-state index contributed by atoms with van der Waals surface area (Å²) < 4.78 is 15.3. The van der Waals surface area contributed by atoms with Crippen LogP contribution in [0.25, 0.3) is 0 Å². The fraction of sp³-hybridized carbons (Fsp3) is 0.357. The molecular formula is C14H14Cl3FN2O. The summed E-state index contributed by atoms with van der Waals surface area (Å²) in [6, 6.07) is 2.38. The van der Waals surface area contributed by atoms with Crippen molar-refractivity contribution in [2.75, 3.05) is 0 Å². The molecule has 0 aliphatic carbocycles. The van der Waals surface area contributed by atoms with E-state index in [0.29, 0.717) is 17.3 Å². The van der Waals surface area contributed by atoms with Gasteiger partial charge in [0.05, 0.1) is 21.9 Å². The molecule has 0 amide bonds. The van der Waals surface area contributed by atoms with Crippen LogP contribution >= 0.6 is 34.8 Å².